The summed E-state index contributed by atoms with van der Waals surface area (Å²) in [5.41, 5.74) is 2.11. The van der Waals surface area contributed by atoms with Gasteiger partial charge in [0, 0.05) is 20.9 Å². The lowest BCUT2D eigenvalue weighted by molar-refractivity contribution is 1.19. The van der Waals surface area contributed by atoms with E-state index >= 15 is 0 Å². The van der Waals surface area contributed by atoms with E-state index in [2.05, 4.69) is 38.8 Å². The molecule has 0 amide bonds. The average molecular weight is 317 g/mol. The van der Waals surface area contributed by atoms with Gasteiger partial charge in [-0.1, -0.05) is 17.7 Å². The fourth-order valence-corrected chi connectivity index (χ4v) is 2.78. The SMILES string of the molecule is Cc1cc(Br)c(NCc2cccs2)cc1Cl. The molecule has 1 N–H and O–H groups in total. The van der Waals surface area contributed by atoms with Crippen molar-refractivity contribution in [2.75, 3.05) is 5.32 Å². The summed E-state index contributed by atoms with van der Waals surface area (Å²) >= 11 is 11.4. The number of halogens is 2. The topological polar surface area (TPSA) is 12.0 Å². The van der Waals surface area contributed by atoms with E-state index in [-0.39, 0.29) is 0 Å². The number of thiophene rings is 1. The highest BCUT2D eigenvalue weighted by Gasteiger charge is 2.04. The number of anilines is 1. The lowest BCUT2D eigenvalue weighted by atomic mass is 10.2. The third kappa shape index (κ3) is 2.78. The molecule has 0 unspecified atom stereocenters. The molecule has 1 heterocycles. The fourth-order valence-electron chi connectivity index (χ4n) is 1.38. The van der Waals surface area contributed by atoms with Crippen molar-refractivity contribution in [1.29, 1.82) is 0 Å². The van der Waals surface area contributed by atoms with Crippen LogP contribution in [-0.4, -0.2) is 0 Å². The Labute approximate surface area is 113 Å². The van der Waals surface area contributed by atoms with Gasteiger partial charge in [0.2, 0.25) is 0 Å². The van der Waals surface area contributed by atoms with Crippen molar-refractivity contribution in [2.24, 2.45) is 0 Å². The lowest BCUT2D eigenvalue weighted by Crippen LogP contribution is -1.98. The molecule has 0 bridgehead atoms. The molecular formula is C12H11BrClNS. The van der Waals surface area contributed by atoms with Crippen molar-refractivity contribution in [1.82, 2.24) is 0 Å². The molecule has 1 nitrogen and oxygen atoms in total. The van der Waals surface area contributed by atoms with Crippen molar-refractivity contribution >= 4 is 44.6 Å². The summed E-state index contributed by atoms with van der Waals surface area (Å²) in [5, 5.41) is 6.23. The number of rotatable bonds is 3. The number of benzene rings is 1. The van der Waals surface area contributed by atoms with Crippen LogP contribution in [0.15, 0.2) is 34.1 Å². The number of aryl methyl sites for hydroxylation is 1. The monoisotopic (exact) mass is 315 g/mol. The van der Waals surface area contributed by atoms with Crippen LogP contribution in [0, 0.1) is 6.92 Å². The van der Waals surface area contributed by atoms with Gasteiger partial charge in [0.1, 0.15) is 0 Å². The number of hydrogen-bond acceptors (Lipinski definition) is 2. The smallest absolute Gasteiger partial charge is 0.0502 e. The van der Waals surface area contributed by atoms with Crippen LogP contribution in [0.1, 0.15) is 10.4 Å². The Balaban J connectivity index is 2.12. The Morgan fingerprint density at radius 3 is 2.94 bits per heavy atom. The maximum atomic E-state index is 6.09. The Kier molecular flexibility index (Phi) is 3.90. The molecule has 0 fully saturated rings. The van der Waals surface area contributed by atoms with Gasteiger partial charge in [-0.15, -0.1) is 11.3 Å². The van der Waals surface area contributed by atoms with Gasteiger partial charge < -0.3 is 5.32 Å². The molecule has 0 saturated carbocycles. The van der Waals surface area contributed by atoms with Crippen LogP contribution in [0.3, 0.4) is 0 Å². The quantitative estimate of drug-likeness (QED) is 0.832. The van der Waals surface area contributed by atoms with Crippen LogP contribution in [0.25, 0.3) is 0 Å². The molecule has 84 valence electrons. The van der Waals surface area contributed by atoms with Crippen molar-refractivity contribution in [2.45, 2.75) is 13.5 Å². The first-order valence-electron chi connectivity index (χ1n) is 4.88. The highest BCUT2D eigenvalue weighted by atomic mass is 79.9. The summed E-state index contributed by atoms with van der Waals surface area (Å²) in [4.78, 5) is 1.31. The predicted octanol–water partition coefficient (Wildman–Crippen LogP) is 5.08. The molecule has 16 heavy (non-hydrogen) atoms. The molecule has 1 aromatic carbocycles. The van der Waals surface area contributed by atoms with Crippen molar-refractivity contribution in [3.05, 3.63) is 49.6 Å². The zero-order valence-electron chi connectivity index (χ0n) is 8.76. The Morgan fingerprint density at radius 2 is 2.25 bits per heavy atom. The molecule has 0 aliphatic rings. The molecule has 2 aromatic rings. The second-order valence-electron chi connectivity index (χ2n) is 3.51. The van der Waals surface area contributed by atoms with E-state index in [9.17, 15) is 0 Å². The fraction of sp³-hybridized carbons (Fsp3) is 0.167. The van der Waals surface area contributed by atoms with Gasteiger partial charge in [0.05, 0.1) is 5.69 Å². The van der Waals surface area contributed by atoms with Crippen LogP contribution >= 0.6 is 38.9 Å². The Morgan fingerprint density at radius 1 is 1.44 bits per heavy atom. The van der Waals surface area contributed by atoms with Crippen LogP contribution in [0.4, 0.5) is 5.69 Å². The largest absolute Gasteiger partial charge is 0.379 e. The third-order valence-corrected chi connectivity index (χ3v) is 4.22. The maximum absolute atomic E-state index is 6.09. The van der Waals surface area contributed by atoms with E-state index in [4.69, 9.17) is 11.6 Å². The van der Waals surface area contributed by atoms with Gasteiger partial charge in [-0.3, -0.25) is 0 Å². The van der Waals surface area contributed by atoms with Gasteiger partial charge >= 0.3 is 0 Å². The van der Waals surface area contributed by atoms with Gasteiger partial charge in [0.15, 0.2) is 0 Å². The molecule has 0 aliphatic carbocycles. The standard InChI is InChI=1S/C12H11BrClNS/c1-8-5-10(13)12(6-11(8)14)15-7-9-3-2-4-16-9/h2-6,15H,7H2,1H3. The minimum absolute atomic E-state index is 0.789. The van der Waals surface area contributed by atoms with Crippen LogP contribution < -0.4 is 5.32 Å². The van der Waals surface area contributed by atoms with Gasteiger partial charge in [-0.25, -0.2) is 0 Å². The van der Waals surface area contributed by atoms with E-state index in [0.29, 0.717) is 0 Å². The summed E-state index contributed by atoms with van der Waals surface area (Å²) in [6.07, 6.45) is 0. The van der Waals surface area contributed by atoms with Crippen LogP contribution in [0.5, 0.6) is 0 Å². The highest BCUT2D eigenvalue weighted by Crippen LogP contribution is 2.29. The summed E-state index contributed by atoms with van der Waals surface area (Å²) < 4.78 is 1.05. The van der Waals surface area contributed by atoms with E-state index in [1.54, 1.807) is 11.3 Å². The molecule has 0 saturated heterocycles. The zero-order valence-corrected chi connectivity index (χ0v) is 11.9. The molecule has 2 rings (SSSR count). The first kappa shape index (κ1) is 12.0. The summed E-state index contributed by atoms with van der Waals surface area (Å²) in [5.74, 6) is 0. The van der Waals surface area contributed by atoms with Gasteiger partial charge in [0.25, 0.3) is 0 Å². The first-order valence-corrected chi connectivity index (χ1v) is 6.94. The van der Waals surface area contributed by atoms with Crippen molar-refractivity contribution in [3.8, 4) is 0 Å². The second kappa shape index (κ2) is 5.21. The summed E-state index contributed by atoms with van der Waals surface area (Å²) in [7, 11) is 0. The van der Waals surface area contributed by atoms with Crippen molar-refractivity contribution in [3.63, 3.8) is 0 Å². The molecule has 0 atom stereocenters. The lowest BCUT2D eigenvalue weighted by Gasteiger charge is -2.09. The number of nitrogens with one attached hydrogen (secondary N) is 1. The van der Waals surface area contributed by atoms with E-state index in [1.807, 2.05) is 19.1 Å². The molecule has 4 heteroatoms. The normalized spacial score (nSPS) is 10.4. The van der Waals surface area contributed by atoms with Crippen molar-refractivity contribution < 1.29 is 0 Å². The minimum atomic E-state index is 0.789. The molecule has 0 radical (unpaired) electrons. The van der Waals surface area contributed by atoms with Gasteiger partial charge in [-0.05, 0) is 52.0 Å². The van der Waals surface area contributed by atoms with E-state index in [1.165, 1.54) is 4.88 Å². The predicted molar refractivity (Wildman–Crippen MR) is 75.5 cm³/mol. The second-order valence-corrected chi connectivity index (χ2v) is 5.81. The highest BCUT2D eigenvalue weighted by molar-refractivity contribution is 9.10. The minimum Gasteiger partial charge on any atom is -0.379 e. The molecular weight excluding hydrogens is 306 g/mol. The van der Waals surface area contributed by atoms with E-state index < -0.39 is 0 Å². The molecule has 0 spiro atoms. The van der Waals surface area contributed by atoms with E-state index in [0.717, 1.165) is 27.3 Å². The van der Waals surface area contributed by atoms with Gasteiger partial charge in [-0.2, -0.15) is 0 Å². The van der Waals surface area contributed by atoms with Crippen LogP contribution in [0.2, 0.25) is 5.02 Å². The first-order chi connectivity index (χ1) is 7.66. The van der Waals surface area contributed by atoms with Crippen LogP contribution in [-0.2, 0) is 6.54 Å². The summed E-state index contributed by atoms with van der Waals surface area (Å²) in [6.45, 7) is 2.83. The zero-order chi connectivity index (χ0) is 11.5. The molecule has 0 aliphatic heterocycles. The Bertz CT molecular complexity index is 482. The third-order valence-electron chi connectivity index (χ3n) is 2.28. The summed E-state index contributed by atoms with van der Waals surface area (Å²) in [6, 6.07) is 8.15. The molecule has 1 aromatic heterocycles. The maximum Gasteiger partial charge on any atom is 0.0502 e. The average Bonchev–Trinajstić information content (AvgIpc) is 2.74. The Hall–Kier alpha value is -0.510. The number of hydrogen-bond donors (Lipinski definition) is 1.